The van der Waals surface area contributed by atoms with Gasteiger partial charge in [-0.05, 0) is 51.3 Å². The van der Waals surface area contributed by atoms with E-state index in [1.807, 2.05) is 46.8 Å². The minimum atomic E-state index is -0.314. The third-order valence-electron chi connectivity index (χ3n) is 5.29. The van der Waals surface area contributed by atoms with Crippen molar-refractivity contribution in [3.8, 4) is 0 Å². The first-order valence-electron chi connectivity index (χ1n) is 10.5. The predicted molar refractivity (Wildman–Crippen MR) is 137 cm³/mol. The first-order valence-corrected chi connectivity index (χ1v) is 12.3. The Hall–Kier alpha value is -2.91. The Bertz CT molecular complexity index is 1280. The monoisotopic (exact) mass is 484 g/mol. The van der Waals surface area contributed by atoms with Gasteiger partial charge in [0.2, 0.25) is 11.8 Å². The van der Waals surface area contributed by atoms with Crippen LogP contribution in [0.25, 0.3) is 10.2 Å². The third kappa shape index (κ3) is 5.54. The van der Waals surface area contributed by atoms with Crippen molar-refractivity contribution in [2.45, 2.75) is 46.3 Å². The molecule has 2 N–H and O–H groups in total. The van der Waals surface area contributed by atoms with E-state index >= 15 is 0 Å². The molecular weight excluding hydrogens is 456 g/mol. The van der Waals surface area contributed by atoms with Crippen molar-refractivity contribution in [3.63, 3.8) is 0 Å². The molecule has 0 saturated heterocycles. The summed E-state index contributed by atoms with van der Waals surface area (Å²) in [5, 5.41) is 6.58. The van der Waals surface area contributed by atoms with Crippen LogP contribution < -0.4 is 16.2 Å². The molecule has 0 saturated carbocycles. The first kappa shape index (κ1) is 24.7. The van der Waals surface area contributed by atoms with Gasteiger partial charge < -0.3 is 10.6 Å². The van der Waals surface area contributed by atoms with E-state index in [-0.39, 0.29) is 29.7 Å². The lowest BCUT2D eigenvalue weighted by molar-refractivity contribution is -0.122. The van der Waals surface area contributed by atoms with Gasteiger partial charge in [0.05, 0.1) is 17.7 Å². The summed E-state index contributed by atoms with van der Waals surface area (Å²) in [5.74, 6) is -0.574. The Morgan fingerprint density at radius 1 is 1.15 bits per heavy atom. The second kappa shape index (κ2) is 10.4. The van der Waals surface area contributed by atoms with Gasteiger partial charge in [0, 0.05) is 17.1 Å². The average Bonchev–Trinajstić information content (AvgIpc) is 3.03. The summed E-state index contributed by atoms with van der Waals surface area (Å²) in [7, 11) is 0. The first-order chi connectivity index (χ1) is 15.6. The van der Waals surface area contributed by atoms with Crippen molar-refractivity contribution in [1.29, 1.82) is 0 Å². The maximum Gasteiger partial charge on any atom is 0.263 e. The largest absolute Gasteiger partial charge is 0.346 e. The fraction of sp³-hybridized carbons (Fsp3) is 0.333. The number of hydrogen-bond acceptors (Lipinski definition) is 6. The van der Waals surface area contributed by atoms with Gasteiger partial charge in [-0.1, -0.05) is 35.5 Å². The number of benzene rings is 1. The number of aromatic nitrogens is 2. The van der Waals surface area contributed by atoms with Crippen LogP contribution in [-0.4, -0.2) is 33.7 Å². The summed E-state index contributed by atoms with van der Waals surface area (Å²) < 4.78 is 1.53. The highest BCUT2D eigenvalue weighted by molar-refractivity contribution is 7.99. The molecule has 0 radical (unpaired) electrons. The fourth-order valence-corrected chi connectivity index (χ4v) is 5.54. The van der Waals surface area contributed by atoms with E-state index in [9.17, 15) is 14.4 Å². The number of fused-ring (bicyclic) bond motifs is 1. The van der Waals surface area contributed by atoms with Gasteiger partial charge in [0.1, 0.15) is 4.83 Å². The zero-order chi connectivity index (χ0) is 24.3. The quantitative estimate of drug-likeness (QED) is 0.286. The van der Waals surface area contributed by atoms with Crippen molar-refractivity contribution in [2.75, 3.05) is 17.6 Å². The van der Waals surface area contributed by atoms with Crippen molar-refractivity contribution in [3.05, 3.63) is 62.3 Å². The number of carbonyl (C=O) groups is 2. The normalized spacial score (nSPS) is 10.9. The molecule has 1 aromatic carbocycles. The lowest BCUT2D eigenvalue weighted by Gasteiger charge is -2.13. The highest BCUT2D eigenvalue weighted by atomic mass is 32.2. The van der Waals surface area contributed by atoms with Crippen LogP contribution in [0.15, 0.2) is 34.7 Å². The van der Waals surface area contributed by atoms with Crippen LogP contribution in [0.2, 0.25) is 0 Å². The maximum atomic E-state index is 13.0. The highest BCUT2D eigenvalue weighted by Crippen LogP contribution is 2.28. The summed E-state index contributed by atoms with van der Waals surface area (Å²) in [6.45, 7) is 13.7. The molecule has 0 aliphatic heterocycles. The van der Waals surface area contributed by atoms with E-state index in [1.54, 1.807) is 6.08 Å². The number of allylic oxidation sites excluding steroid dienone is 1. The van der Waals surface area contributed by atoms with E-state index in [2.05, 4.69) is 22.2 Å². The Balaban J connectivity index is 1.65. The molecule has 33 heavy (non-hydrogen) atoms. The standard InChI is InChI=1S/C24H28N4O3S2/c1-7-8-28-23(31)20-16(5)17(6)33-22(20)27-24(28)32-12-19(30)25-11-18(29)26-21-14(3)9-13(2)10-15(21)4/h7,9-10H,1,8,11-12H2,2-6H3,(H,25,30)(H,26,29). The Labute approximate surface area is 201 Å². The topological polar surface area (TPSA) is 93.1 Å². The number of rotatable bonds is 8. The van der Waals surface area contributed by atoms with Crippen LogP contribution in [0.4, 0.5) is 5.69 Å². The summed E-state index contributed by atoms with van der Waals surface area (Å²) in [6.07, 6.45) is 1.63. The third-order valence-corrected chi connectivity index (χ3v) is 7.36. The van der Waals surface area contributed by atoms with Crippen LogP contribution in [0.1, 0.15) is 27.1 Å². The van der Waals surface area contributed by atoms with Gasteiger partial charge >= 0.3 is 0 Å². The molecule has 0 atom stereocenters. The lowest BCUT2D eigenvalue weighted by Crippen LogP contribution is -2.34. The van der Waals surface area contributed by atoms with Crippen LogP contribution in [0.3, 0.4) is 0 Å². The number of aryl methyl sites for hydroxylation is 5. The van der Waals surface area contributed by atoms with Gasteiger partial charge in [-0.15, -0.1) is 17.9 Å². The molecule has 174 valence electrons. The summed E-state index contributed by atoms with van der Waals surface area (Å²) in [4.78, 5) is 44.1. The van der Waals surface area contributed by atoms with Crippen molar-refractivity contribution < 1.29 is 9.59 Å². The van der Waals surface area contributed by atoms with Gasteiger partial charge in [-0.25, -0.2) is 4.98 Å². The molecule has 0 fully saturated rings. The molecule has 0 bridgehead atoms. The van der Waals surface area contributed by atoms with Gasteiger partial charge in [0.25, 0.3) is 5.56 Å². The Kier molecular flexibility index (Phi) is 7.76. The number of thiophene rings is 1. The molecular formula is C24H28N4O3S2. The van der Waals surface area contributed by atoms with E-state index < -0.39 is 0 Å². The molecule has 0 unspecified atom stereocenters. The SMILES string of the molecule is C=CCn1c(SCC(=O)NCC(=O)Nc2c(C)cc(C)cc2C)nc2sc(C)c(C)c2c1=O. The number of thioether (sulfide) groups is 1. The Morgan fingerprint density at radius 3 is 2.45 bits per heavy atom. The fourth-order valence-electron chi connectivity index (χ4n) is 3.63. The molecule has 3 aromatic rings. The molecule has 2 amide bonds. The zero-order valence-electron chi connectivity index (χ0n) is 19.5. The predicted octanol–water partition coefficient (Wildman–Crippen LogP) is 4.03. The van der Waals surface area contributed by atoms with Crippen molar-refractivity contribution in [1.82, 2.24) is 14.9 Å². The molecule has 7 nitrogen and oxygen atoms in total. The number of nitrogens with one attached hydrogen (secondary N) is 2. The highest BCUT2D eigenvalue weighted by Gasteiger charge is 2.17. The van der Waals surface area contributed by atoms with Gasteiger partial charge in [0.15, 0.2) is 5.16 Å². The van der Waals surface area contributed by atoms with E-state index in [1.165, 1.54) is 27.7 Å². The minimum Gasteiger partial charge on any atom is -0.346 e. The molecule has 9 heteroatoms. The smallest absolute Gasteiger partial charge is 0.263 e. The zero-order valence-corrected chi connectivity index (χ0v) is 21.1. The number of amides is 2. The van der Waals surface area contributed by atoms with Gasteiger partial charge in [-0.3, -0.25) is 19.0 Å². The van der Waals surface area contributed by atoms with Crippen LogP contribution >= 0.6 is 23.1 Å². The molecule has 2 heterocycles. The Morgan fingerprint density at radius 2 is 1.82 bits per heavy atom. The van der Waals surface area contributed by atoms with E-state index in [4.69, 9.17) is 0 Å². The minimum absolute atomic E-state index is 0.0360. The summed E-state index contributed by atoms with van der Waals surface area (Å²) in [5.41, 5.74) is 4.65. The number of carbonyl (C=O) groups excluding carboxylic acids is 2. The van der Waals surface area contributed by atoms with Crippen molar-refractivity contribution in [2.24, 2.45) is 0 Å². The summed E-state index contributed by atoms with van der Waals surface area (Å²) in [6, 6.07) is 4.00. The van der Waals surface area contributed by atoms with Gasteiger partial charge in [-0.2, -0.15) is 0 Å². The molecule has 3 rings (SSSR count). The molecule has 2 aromatic heterocycles. The van der Waals surface area contributed by atoms with Crippen LogP contribution in [0, 0.1) is 34.6 Å². The maximum absolute atomic E-state index is 13.0. The number of hydrogen-bond donors (Lipinski definition) is 2. The van der Waals surface area contributed by atoms with Crippen LogP contribution in [0.5, 0.6) is 0 Å². The average molecular weight is 485 g/mol. The lowest BCUT2D eigenvalue weighted by atomic mass is 10.1. The molecule has 0 aliphatic rings. The molecule has 0 aliphatic carbocycles. The van der Waals surface area contributed by atoms with Crippen molar-refractivity contribution >= 4 is 50.8 Å². The van der Waals surface area contributed by atoms with E-state index in [0.29, 0.717) is 21.9 Å². The number of nitrogens with zero attached hydrogens (tertiary/aromatic N) is 2. The van der Waals surface area contributed by atoms with E-state index in [0.717, 1.165) is 32.8 Å². The second-order valence-electron chi connectivity index (χ2n) is 7.95. The second-order valence-corrected chi connectivity index (χ2v) is 10.1. The summed E-state index contributed by atoms with van der Waals surface area (Å²) >= 11 is 2.64. The number of anilines is 1. The van der Waals surface area contributed by atoms with Crippen LogP contribution in [-0.2, 0) is 16.1 Å². The molecule has 0 spiro atoms.